The molecule has 9 heteroatoms. The summed E-state index contributed by atoms with van der Waals surface area (Å²) in [7, 11) is 0. The van der Waals surface area contributed by atoms with Crippen LogP contribution < -0.4 is 10.2 Å². The van der Waals surface area contributed by atoms with Gasteiger partial charge in [-0.15, -0.1) is 0 Å². The quantitative estimate of drug-likeness (QED) is 0.778. The lowest BCUT2D eigenvalue weighted by Gasteiger charge is -2.25. The molecule has 0 unspecified atom stereocenters. The number of morpholine rings is 1. The molecule has 0 atom stereocenters. The highest BCUT2D eigenvalue weighted by Gasteiger charge is 2.20. The molecule has 1 amide bonds. The van der Waals surface area contributed by atoms with Crippen molar-refractivity contribution in [1.82, 2.24) is 25.1 Å². The predicted octanol–water partition coefficient (Wildman–Crippen LogP) is 1.32. The smallest absolute Gasteiger partial charge is 0.263 e. The van der Waals surface area contributed by atoms with Crippen LogP contribution in [0.4, 0.5) is 5.13 Å². The van der Waals surface area contributed by atoms with E-state index in [1.807, 2.05) is 25.5 Å². The first-order valence-corrected chi connectivity index (χ1v) is 9.32. The normalized spacial score (nSPS) is 14.8. The van der Waals surface area contributed by atoms with Crippen LogP contribution in [0.5, 0.6) is 0 Å². The average molecular weight is 364 g/mol. The van der Waals surface area contributed by atoms with Gasteiger partial charge in [0.25, 0.3) is 5.91 Å². The van der Waals surface area contributed by atoms with Crippen LogP contribution in [0.25, 0.3) is 0 Å². The van der Waals surface area contributed by atoms with Crippen molar-refractivity contribution in [2.75, 3.05) is 37.7 Å². The van der Waals surface area contributed by atoms with Gasteiger partial charge in [0.2, 0.25) is 0 Å². The van der Waals surface area contributed by atoms with Crippen molar-refractivity contribution < 1.29 is 9.53 Å². The van der Waals surface area contributed by atoms with Crippen molar-refractivity contribution in [3.63, 3.8) is 0 Å². The highest BCUT2D eigenvalue weighted by molar-refractivity contribution is 7.17. The van der Waals surface area contributed by atoms with Crippen LogP contribution >= 0.6 is 11.3 Å². The van der Waals surface area contributed by atoms with E-state index in [0.29, 0.717) is 24.6 Å². The van der Waals surface area contributed by atoms with E-state index < -0.39 is 0 Å². The maximum Gasteiger partial charge on any atom is 0.263 e. The van der Waals surface area contributed by atoms with Gasteiger partial charge >= 0.3 is 0 Å². The number of carbonyl (C=O) groups is 1. The van der Waals surface area contributed by atoms with E-state index in [2.05, 4.69) is 25.3 Å². The molecule has 1 N–H and O–H groups in total. The summed E-state index contributed by atoms with van der Waals surface area (Å²) >= 11 is 1.45. The van der Waals surface area contributed by atoms with Crippen LogP contribution in [-0.4, -0.2) is 58.5 Å². The van der Waals surface area contributed by atoms with E-state index in [1.165, 1.54) is 11.3 Å². The second-order valence-corrected chi connectivity index (χ2v) is 7.03. The van der Waals surface area contributed by atoms with Gasteiger partial charge in [-0.05, 0) is 27.2 Å². The molecular weight excluding hydrogens is 340 g/mol. The van der Waals surface area contributed by atoms with Crippen LogP contribution in [0, 0.1) is 20.8 Å². The first kappa shape index (κ1) is 17.8. The van der Waals surface area contributed by atoms with Crippen LogP contribution in [-0.2, 0) is 11.3 Å². The fourth-order valence-electron chi connectivity index (χ4n) is 2.77. The molecular formula is C16H24N6O2S. The molecule has 1 aliphatic rings. The van der Waals surface area contributed by atoms with Crippen molar-refractivity contribution in [1.29, 1.82) is 0 Å². The second kappa shape index (κ2) is 7.92. The number of nitrogens with zero attached hydrogens (tertiary/aromatic N) is 5. The van der Waals surface area contributed by atoms with E-state index in [1.54, 1.807) is 0 Å². The number of anilines is 1. The molecule has 2 aromatic rings. The lowest BCUT2D eigenvalue weighted by molar-refractivity contribution is 0.0956. The number of thiazole rings is 1. The summed E-state index contributed by atoms with van der Waals surface area (Å²) in [6, 6.07) is 0. The lowest BCUT2D eigenvalue weighted by Crippen LogP contribution is -2.36. The molecule has 0 bridgehead atoms. The molecule has 0 saturated carbocycles. The number of hydrogen-bond acceptors (Lipinski definition) is 7. The van der Waals surface area contributed by atoms with Crippen molar-refractivity contribution >= 4 is 22.4 Å². The average Bonchev–Trinajstić information content (AvgIpc) is 3.14. The summed E-state index contributed by atoms with van der Waals surface area (Å²) in [5.74, 6) is 1.62. The minimum absolute atomic E-state index is 0.0546. The number of nitrogens with one attached hydrogen (secondary N) is 1. The Hall–Kier alpha value is -2.00. The van der Waals surface area contributed by atoms with E-state index in [-0.39, 0.29) is 5.91 Å². The van der Waals surface area contributed by atoms with Gasteiger partial charge in [0.15, 0.2) is 5.13 Å². The summed E-state index contributed by atoms with van der Waals surface area (Å²) in [6.07, 6.45) is 0.809. The molecule has 0 aromatic carbocycles. The third-order valence-electron chi connectivity index (χ3n) is 4.07. The Labute approximate surface area is 151 Å². The molecule has 1 saturated heterocycles. The zero-order valence-corrected chi connectivity index (χ0v) is 15.7. The molecule has 0 radical (unpaired) electrons. The lowest BCUT2D eigenvalue weighted by atomic mass is 10.3. The number of amides is 1. The summed E-state index contributed by atoms with van der Waals surface area (Å²) in [5.41, 5.74) is 0.784. The topological polar surface area (TPSA) is 85.2 Å². The van der Waals surface area contributed by atoms with Crippen LogP contribution in [0.1, 0.15) is 33.4 Å². The van der Waals surface area contributed by atoms with Crippen LogP contribution in [0.15, 0.2) is 0 Å². The van der Waals surface area contributed by atoms with Gasteiger partial charge in [0.1, 0.15) is 16.5 Å². The number of ether oxygens (including phenoxy) is 1. The number of carbonyl (C=O) groups excluding carboxylic acids is 1. The van der Waals surface area contributed by atoms with E-state index >= 15 is 0 Å². The van der Waals surface area contributed by atoms with Gasteiger partial charge in [0, 0.05) is 26.2 Å². The Balaban J connectivity index is 1.51. The standard InChI is InChI=1S/C16H24N6O2S/c1-11-14(25-16(18-11)21-7-9-24-10-8-21)15(23)17-5-4-6-22-13(3)19-12(2)20-22/h4-10H2,1-3H3,(H,17,23). The molecule has 8 nitrogen and oxygen atoms in total. The molecule has 0 aliphatic carbocycles. The fourth-order valence-corrected chi connectivity index (χ4v) is 3.80. The summed E-state index contributed by atoms with van der Waals surface area (Å²) < 4.78 is 7.23. The minimum Gasteiger partial charge on any atom is -0.378 e. The Kier molecular flexibility index (Phi) is 5.64. The zero-order valence-electron chi connectivity index (χ0n) is 14.9. The SMILES string of the molecule is Cc1nc(C)n(CCCNC(=O)c2sc(N3CCOCC3)nc2C)n1. The van der Waals surface area contributed by atoms with Gasteiger partial charge in [-0.1, -0.05) is 11.3 Å². The Bertz CT molecular complexity index is 735. The first-order valence-electron chi connectivity index (χ1n) is 8.51. The van der Waals surface area contributed by atoms with Crippen LogP contribution in [0.2, 0.25) is 0 Å². The minimum atomic E-state index is -0.0546. The Morgan fingerprint density at radius 2 is 2.00 bits per heavy atom. The molecule has 1 aliphatic heterocycles. The third kappa shape index (κ3) is 4.35. The molecule has 0 spiro atoms. The predicted molar refractivity (Wildman–Crippen MR) is 96.3 cm³/mol. The van der Waals surface area contributed by atoms with Gasteiger partial charge in [0.05, 0.1) is 18.9 Å². The van der Waals surface area contributed by atoms with Gasteiger partial charge in [-0.2, -0.15) is 5.10 Å². The van der Waals surface area contributed by atoms with Crippen molar-refractivity contribution in [2.24, 2.45) is 0 Å². The Morgan fingerprint density at radius 1 is 1.24 bits per heavy atom. The largest absolute Gasteiger partial charge is 0.378 e. The number of aromatic nitrogens is 4. The number of rotatable bonds is 6. The number of hydrogen-bond donors (Lipinski definition) is 1. The van der Waals surface area contributed by atoms with Gasteiger partial charge in [-0.3, -0.25) is 9.48 Å². The number of aryl methyl sites for hydroxylation is 4. The van der Waals surface area contributed by atoms with E-state index in [4.69, 9.17) is 4.74 Å². The second-order valence-electron chi connectivity index (χ2n) is 6.05. The van der Waals surface area contributed by atoms with Crippen LogP contribution in [0.3, 0.4) is 0 Å². The highest BCUT2D eigenvalue weighted by Crippen LogP contribution is 2.26. The molecule has 25 heavy (non-hydrogen) atoms. The monoisotopic (exact) mass is 364 g/mol. The molecule has 1 fully saturated rings. The van der Waals surface area contributed by atoms with E-state index in [9.17, 15) is 4.79 Å². The molecule has 2 aromatic heterocycles. The zero-order chi connectivity index (χ0) is 17.8. The van der Waals surface area contributed by atoms with Crippen molar-refractivity contribution in [3.05, 3.63) is 22.2 Å². The van der Waals surface area contributed by atoms with Crippen molar-refractivity contribution in [2.45, 2.75) is 33.7 Å². The van der Waals surface area contributed by atoms with Gasteiger partial charge < -0.3 is 15.0 Å². The maximum atomic E-state index is 12.4. The van der Waals surface area contributed by atoms with Gasteiger partial charge in [-0.25, -0.2) is 9.97 Å². The summed E-state index contributed by atoms with van der Waals surface area (Å²) in [6.45, 7) is 10.1. The highest BCUT2D eigenvalue weighted by atomic mass is 32.1. The Morgan fingerprint density at radius 3 is 2.68 bits per heavy atom. The fraction of sp³-hybridized carbons (Fsp3) is 0.625. The van der Waals surface area contributed by atoms with Crippen molar-refractivity contribution in [3.8, 4) is 0 Å². The molecule has 3 heterocycles. The molecule has 3 rings (SSSR count). The molecule has 136 valence electrons. The third-order valence-corrected chi connectivity index (χ3v) is 5.28. The summed E-state index contributed by atoms with van der Waals surface area (Å²) in [5, 5.41) is 8.21. The summed E-state index contributed by atoms with van der Waals surface area (Å²) in [4.78, 5) is 24.1. The first-order chi connectivity index (χ1) is 12.0. The maximum absolute atomic E-state index is 12.4. The van der Waals surface area contributed by atoms with E-state index in [0.717, 1.165) is 48.5 Å².